The number of amides is 1. The summed E-state index contributed by atoms with van der Waals surface area (Å²) in [6.07, 6.45) is 69.3. The Morgan fingerprint density at radius 1 is 0.470 bits per heavy atom. The number of ether oxygens (including phenoxy) is 1. The lowest BCUT2D eigenvalue weighted by molar-refractivity contribution is -0.151. The zero-order chi connectivity index (χ0) is 48.1. The minimum absolute atomic E-state index is 0.0387. The average Bonchev–Trinajstić information content (AvgIpc) is 3.31. The van der Waals surface area contributed by atoms with Gasteiger partial charge in [-0.2, -0.15) is 0 Å². The number of unbranched alkanes of at least 4 members (excludes halogenated alkanes) is 25. The van der Waals surface area contributed by atoms with Crippen molar-refractivity contribution in [2.75, 3.05) is 6.61 Å². The van der Waals surface area contributed by atoms with Crippen molar-refractivity contribution in [3.63, 3.8) is 0 Å². The van der Waals surface area contributed by atoms with Crippen molar-refractivity contribution >= 4 is 11.9 Å². The molecule has 380 valence electrons. The molecule has 0 aromatic carbocycles. The van der Waals surface area contributed by atoms with Gasteiger partial charge in [0.2, 0.25) is 5.91 Å². The minimum atomic E-state index is -0.808. The molecule has 0 rings (SSSR count). The summed E-state index contributed by atoms with van der Waals surface area (Å²) in [6.45, 7) is 6.32. The summed E-state index contributed by atoms with van der Waals surface area (Å²) in [7, 11) is 0. The average molecular weight is 921 g/mol. The van der Waals surface area contributed by atoms with Crippen LogP contribution < -0.4 is 5.32 Å². The maximum Gasteiger partial charge on any atom is 0.306 e. The van der Waals surface area contributed by atoms with E-state index in [1.807, 2.05) is 0 Å². The van der Waals surface area contributed by atoms with E-state index in [1.54, 1.807) is 0 Å². The molecule has 0 aliphatic carbocycles. The van der Waals surface area contributed by atoms with Gasteiger partial charge in [-0.3, -0.25) is 9.59 Å². The summed E-state index contributed by atoms with van der Waals surface area (Å²) >= 11 is 0. The van der Waals surface area contributed by atoms with Crippen LogP contribution in [0.15, 0.2) is 85.1 Å². The predicted octanol–water partition coefficient (Wildman–Crippen LogP) is 17.1. The van der Waals surface area contributed by atoms with Crippen LogP contribution in [0, 0.1) is 0 Å². The monoisotopic (exact) mass is 920 g/mol. The van der Waals surface area contributed by atoms with E-state index in [9.17, 15) is 19.8 Å². The van der Waals surface area contributed by atoms with E-state index >= 15 is 0 Å². The number of nitrogens with one attached hydrogen (secondary N) is 1. The molecule has 3 N–H and O–H groups in total. The van der Waals surface area contributed by atoms with Crippen molar-refractivity contribution in [2.24, 2.45) is 0 Å². The third-order valence-electron chi connectivity index (χ3n) is 12.3. The molecule has 0 aromatic heterocycles. The number of rotatable bonds is 49. The second-order valence-corrected chi connectivity index (χ2v) is 18.7. The van der Waals surface area contributed by atoms with Crippen LogP contribution >= 0.6 is 0 Å². The lowest BCUT2D eigenvalue weighted by Gasteiger charge is -2.24. The van der Waals surface area contributed by atoms with Crippen molar-refractivity contribution in [2.45, 2.75) is 277 Å². The van der Waals surface area contributed by atoms with E-state index in [0.29, 0.717) is 25.7 Å². The molecule has 0 aliphatic heterocycles. The number of carbonyl (C=O) groups excluding carboxylic acids is 2. The maximum atomic E-state index is 13.2. The van der Waals surface area contributed by atoms with Crippen molar-refractivity contribution in [1.82, 2.24) is 5.32 Å². The largest absolute Gasteiger partial charge is 0.462 e. The molecule has 0 heterocycles. The fraction of sp³-hybridized carbons (Fsp3) is 0.733. The number of hydrogen-bond donors (Lipinski definition) is 3. The van der Waals surface area contributed by atoms with Gasteiger partial charge in [-0.25, -0.2) is 0 Å². The Balaban J connectivity index is 4.63. The Morgan fingerprint density at radius 3 is 1.39 bits per heavy atom. The third kappa shape index (κ3) is 47.5. The molecule has 0 fully saturated rings. The highest BCUT2D eigenvalue weighted by Crippen LogP contribution is 2.18. The molecule has 0 saturated heterocycles. The van der Waals surface area contributed by atoms with E-state index in [1.165, 1.54) is 116 Å². The summed E-state index contributed by atoms with van der Waals surface area (Å²) in [4.78, 5) is 26.2. The van der Waals surface area contributed by atoms with Gasteiger partial charge in [0.05, 0.1) is 25.2 Å². The fourth-order valence-electron chi connectivity index (χ4n) is 8.07. The quantitative estimate of drug-likeness (QED) is 0.0245. The van der Waals surface area contributed by atoms with Crippen LogP contribution in [0.3, 0.4) is 0 Å². The highest BCUT2D eigenvalue weighted by atomic mass is 16.5. The topological polar surface area (TPSA) is 95.9 Å². The smallest absolute Gasteiger partial charge is 0.306 e. The van der Waals surface area contributed by atoms with E-state index < -0.39 is 18.2 Å². The van der Waals surface area contributed by atoms with Crippen molar-refractivity contribution in [3.8, 4) is 0 Å². The molecule has 0 aliphatic rings. The second kappa shape index (κ2) is 53.0. The molecule has 0 bridgehead atoms. The van der Waals surface area contributed by atoms with Crippen LogP contribution in [-0.4, -0.2) is 46.9 Å². The van der Waals surface area contributed by atoms with E-state index in [0.717, 1.165) is 89.9 Å². The lowest BCUT2D eigenvalue weighted by atomic mass is 10.0. The first-order valence-electron chi connectivity index (χ1n) is 27.8. The van der Waals surface area contributed by atoms with Gasteiger partial charge in [0.25, 0.3) is 0 Å². The zero-order valence-corrected chi connectivity index (χ0v) is 43.3. The van der Waals surface area contributed by atoms with Gasteiger partial charge in [-0.1, -0.05) is 247 Å². The van der Waals surface area contributed by atoms with Gasteiger partial charge in [-0.15, -0.1) is 0 Å². The van der Waals surface area contributed by atoms with E-state index in [2.05, 4.69) is 111 Å². The Bertz CT molecular complexity index is 1260. The highest BCUT2D eigenvalue weighted by Gasteiger charge is 2.24. The van der Waals surface area contributed by atoms with Gasteiger partial charge in [0.1, 0.15) is 6.10 Å². The minimum Gasteiger partial charge on any atom is -0.462 e. The highest BCUT2D eigenvalue weighted by molar-refractivity contribution is 5.77. The molecule has 6 heteroatoms. The predicted molar refractivity (Wildman–Crippen MR) is 287 cm³/mol. The number of allylic oxidation sites excluding steroid dienone is 14. The number of hydrogen-bond acceptors (Lipinski definition) is 5. The molecular weight excluding hydrogens is 815 g/mol. The molecule has 0 spiro atoms. The summed E-state index contributed by atoms with van der Waals surface area (Å²) in [6, 6.07) is -0.724. The van der Waals surface area contributed by atoms with Gasteiger partial charge in [0.15, 0.2) is 0 Å². The molecular formula is C60H105NO5. The number of aliphatic hydroxyl groups excluding tert-OH is 2. The van der Waals surface area contributed by atoms with Crippen molar-refractivity contribution in [3.05, 3.63) is 85.1 Å². The molecule has 6 nitrogen and oxygen atoms in total. The number of aliphatic hydroxyl groups is 2. The first-order valence-corrected chi connectivity index (χ1v) is 27.8. The fourth-order valence-corrected chi connectivity index (χ4v) is 8.07. The normalized spacial score (nSPS) is 13.8. The molecule has 0 saturated carbocycles. The molecule has 0 aromatic rings. The van der Waals surface area contributed by atoms with Crippen LogP contribution in [0.2, 0.25) is 0 Å². The van der Waals surface area contributed by atoms with E-state index in [4.69, 9.17) is 4.74 Å². The van der Waals surface area contributed by atoms with Crippen LogP contribution in [0.25, 0.3) is 0 Å². The SMILES string of the molecule is CC/C=C/C=C/C=C/CCCCCCCC(CC(=O)NC(CO)C(O)CCCCCCCCCCCCCCCCCCC)OC(=O)CCC/C=C\C/C=C\C/C=C\C/C=C\CCCCC. The van der Waals surface area contributed by atoms with Gasteiger partial charge in [-0.05, 0) is 83.5 Å². The standard InChI is InChI=1S/C60H105NO5/c1-4-7-10-13-16-19-22-25-27-29-31-34-37-40-43-46-49-52-58(63)57(55-62)61-59(64)54-56(51-48-45-42-39-36-33-24-21-18-15-12-9-6-3)66-60(65)53-50-47-44-41-38-35-32-30-28-26-23-20-17-14-11-8-5-2/h9,12,15,17-18,20-21,24,26,28,32,35,41,44,56-58,62-63H,4-8,10-11,13-14,16,19,22-23,25,27,29-31,33-34,36-40,42-43,45-55H2,1-3H3,(H,61,64)/b12-9+,18-15+,20-17-,24-21+,28-26-,35-32-,44-41-. The third-order valence-corrected chi connectivity index (χ3v) is 12.3. The Hall–Kier alpha value is -2.96. The Morgan fingerprint density at radius 2 is 0.879 bits per heavy atom. The van der Waals surface area contributed by atoms with E-state index in [-0.39, 0.29) is 24.9 Å². The summed E-state index contributed by atoms with van der Waals surface area (Å²) < 4.78 is 5.91. The van der Waals surface area contributed by atoms with Crippen molar-refractivity contribution < 1.29 is 24.5 Å². The second-order valence-electron chi connectivity index (χ2n) is 18.7. The molecule has 66 heavy (non-hydrogen) atoms. The summed E-state index contributed by atoms with van der Waals surface area (Å²) in [5.41, 5.74) is 0. The molecule has 1 amide bonds. The molecule has 3 atom stereocenters. The summed E-state index contributed by atoms with van der Waals surface area (Å²) in [5, 5.41) is 23.8. The number of carbonyl (C=O) groups is 2. The molecule has 0 radical (unpaired) electrons. The van der Waals surface area contributed by atoms with Crippen LogP contribution in [-0.2, 0) is 14.3 Å². The number of esters is 1. The summed E-state index contributed by atoms with van der Waals surface area (Å²) in [5.74, 6) is -0.562. The first-order chi connectivity index (χ1) is 32.5. The molecule has 3 unspecified atom stereocenters. The first kappa shape index (κ1) is 63.0. The van der Waals surface area contributed by atoms with Gasteiger partial charge < -0.3 is 20.3 Å². The van der Waals surface area contributed by atoms with Crippen molar-refractivity contribution in [1.29, 1.82) is 0 Å². The van der Waals surface area contributed by atoms with Gasteiger partial charge >= 0.3 is 5.97 Å². The zero-order valence-electron chi connectivity index (χ0n) is 43.3. The maximum absolute atomic E-state index is 13.2. The van der Waals surface area contributed by atoms with Crippen LogP contribution in [0.5, 0.6) is 0 Å². The Labute approximate surface area is 408 Å². The Kier molecular flexibility index (Phi) is 50.6. The van der Waals surface area contributed by atoms with Gasteiger partial charge in [0, 0.05) is 6.42 Å². The lowest BCUT2D eigenvalue weighted by Crippen LogP contribution is -2.46. The van der Waals surface area contributed by atoms with Crippen LogP contribution in [0.4, 0.5) is 0 Å². The van der Waals surface area contributed by atoms with Crippen LogP contribution in [0.1, 0.15) is 258 Å².